The van der Waals surface area contributed by atoms with Crippen LogP contribution < -0.4 is 0 Å². The van der Waals surface area contributed by atoms with Gasteiger partial charge in [0.05, 0.1) is 12.2 Å². The predicted octanol–water partition coefficient (Wildman–Crippen LogP) is 6.92. The molecule has 0 aliphatic heterocycles. The van der Waals surface area contributed by atoms with Crippen LogP contribution in [0.5, 0.6) is 0 Å². The fourth-order valence-corrected chi connectivity index (χ4v) is 9.07. The van der Waals surface area contributed by atoms with Crippen LogP contribution in [0.2, 0.25) is 0 Å². The summed E-state index contributed by atoms with van der Waals surface area (Å²) in [7, 11) is 0. The van der Waals surface area contributed by atoms with Crippen LogP contribution in [-0.2, 0) is 0 Å². The van der Waals surface area contributed by atoms with Gasteiger partial charge in [0.2, 0.25) is 0 Å². The van der Waals surface area contributed by atoms with Crippen LogP contribution in [0, 0.1) is 46.3 Å². The van der Waals surface area contributed by atoms with Crippen LogP contribution in [-0.4, -0.2) is 22.4 Å². The summed E-state index contributed by atoms with van der Waals surface area (Å²) in [6.07, 6.45) is 13.5. The van der Waals surface area contributed by atoms with Gasteiger partial charge in [-0.25, -0.2) is 0 Å². The fraction of sp³-hybridized carbons (Fsp3) is 0.862. The first kappa shape index (κ1) is 23.6. The number of rotatable bonds is 6. The Kier molecular flexibility index (Phi) is 6.56. The minimum absolute atomic E-state index is 0.198. The lowest BCUT2D eigenvalue weighted by molar-refractivity contribution is -0.0971. The van der Waals surface area contributed by atoms with Crippen LogP contribution in [0.25, 0.3) is 0 Å². The molecule has 4 aliphatic carbocycles. The van der Waals surface area contributed by atoms with Gasteiger partial charge in [0.25, 0.3) is 0 Å². The molecular formula is C29H48O2. The number of allylic oxidation sites excluding steroid dienone is 1. The second-order valence-electron chi connectivity index (χ2n) is 12.5. The van der Waals surface area contributed by atoms with E-state index in [0.717, 1.165) is 31.1 Å². The van der Waals surface area contributed by atoms with Crippen molar-refractivity contribution in [2.24, 2.45) is 46.3 Å². The summed E-state index contributed by atoms with van der Waals surface area (Å²) in [6, 6.07) is 0. The summed E-state index contributed by atoms with van der Waals surface area (Å²) in [5.74, 6) is 3.88. The van der Waals surface area contributed by atoms with E-state index >= 15 is 0 Å². The third-order valence-corrected chi connectivity index (χ3v) is 11.0. The number of fused-ring (bicyclic) bond motifs is 5. The SMILES string of the molecule is C=C(C)C(CC)CCC(C)C1CCC2C3C(CC[C@]12C)[C@@]1(C)CC[C@H](O)CC1=C[C@@H]3O. The molecule has 0 radical (unpaired) electrons. The van der Waals surface area contributed by atoms with Gasteiger partial charge in [0.15, 0.2) is 0 Å². The zero-order valence-electron chi connectivity index (χ0n) is 20.9. The molecule has 2 heteroatoms. The van der Waals surface area contributed by atoms with Gasteiger partial charge in [-0.1, -0.05) is 51.5 Å². The quantitative estimate of drug-likeness (QED) is 0.451. The standard InChI is InChI=1S/C29H48O2/c1-7-20(18(2)3)9-8-19(4)23-10-11-24-27-25(13-15-29(23,24)6)28(5)14-12-22(30)16-21(28)17-26(27)31/h17,19-20,22-27,30-31H,2,7-16H2,1,3-6H3/t19?,20?,22-,23?,24?,25?,26-,27?,28-,29+/m0/s1. The van der Waals surface area contributed by atoms with Crippen LogP contribution >= 0.6 is 0 Å². The van der Waals surface area contributed by atoms with Gasteiger partial charge in [-0.3, -0.25) is 0 Å². The van der Waals surface area contributed by atoms with Crippen molar-refractivity contribution in [3.63, 3.8) is 0 Å². The topological polar surface area (TPSA) is 40.5 Å². The normalized spacial score (nSPS) is 46.4. The van der Waals surface area contributed by atoms with Gasteiger partial charge >= 0.3 is 0 Å². The first-order valence-electron chi connectivity index (χ1n) is 13.3. The Balaban J connectivity index is 1.52. The van der Waals surface area contributed by atoms with E-state index in [1.807, 2.05) is 0 Å². The maximum atomic E-state index is 11.3. The van der Waals surface area contributed by atoms with Crippen LogP contribution in [0.15, 0.2) is 23.8 Å². The zero-order valence-corrected chi connectivity index (χ0v) is 20.9. The molecule has 0 heterocycles. The van der Waals surface area contributed by atoms with Crippen molar-refractivity contribution in [3.8, 4) is 0 Å². The monoisotopic (exact) mass is 428 g/mol. The zero-order chi connectivity index (χ0) is 22.6. The molecule has 0 aromatic rings. The third-order valence-electron chi connectivity index (χ3n) is 11.0. The lowest BCUT2D eigenvalue weighted by Crippen LogP contribution is -2.54. The molecule has 0 spiro atoms. The Morgan fingerprint density at radius 1 is 1.10 bits per heavy atom. The molecule has 10 atom stereocenters. The van der Waals surface area contributed by atoms with E-state index in [1.165, 1.54) is 56.1 Å². The number of hydrogen-bond acceptors (Lipinski definition) is 2. The van der Waals surface area contributed by atoms with Crippen molar-refractivity contribution < 1.29 is 10.2 Å². The molecule has 176 valence electrons. The van der Waals surface area contributed by atoms with Gasteiger partial charge < -0.3 is 10.2 Å². The van der Waals surface area contributed by atoms with E-state index in [-0.39, 0.29) is 17.6 Å². The Morgan fingerprint density at radius 2 is 1.84 bits per heavy atom. The summed E-state index contributed by atoms with van der Waals surface area (Å²) >= 11 is 0. The average Bonchev–Trinajstić information content (AvgIpc) is 3.06. The van der Waals surface area contributed by atoms with Gasteiger partial charge in [0.1, 0.15) is 0 Å². The molecule has 0 saturated heterocycles. The van der Waals surface area contributed by atoms with E-state index in [1.54, 1.807) is 0 Å². The number of aliphatic hydroxyl groups is 2. The van der Waals surface area contributed by atoms with Crippen molar-refractivity contribution in [2.45, 2.75) is 111 Å². The molecule has 4 aliphatic rings. The molecule has 6 unspecified atom stereocenters. The number of hydrogen-bond donors (Lipinski definition) is 2. The van der Waals surface area contributed by atoms with Gasteiger partial charge in [0, 0.05) is 0 Å². The Bertz CT molecular complexity index is 710. The minimum Gasteiger partial charge on any atom is -0.393 e. The van der Waals surface area contributed by atoms with Gasteiger partial charge in [-0.2, -0.15) is 0 Å². The van der Waals surface area contributed by atoms with Crippen LogP contribution in [0.3, 0.4) is 0 Å². The van der Waals surface area contributed by atoms with Crippen molar-refractivity contribution in [1.82, 2.24) is 0 Å². The Morgan fingerprint density at radius 3 is 2.52 bits per heavy atom. The third kappa shape index (κ3) is 3.88. The first-order valence-corrected chi connectivity index (χ1v) is 13.3. The average molecular weight is 429 g/mol. The Labute approximate surface area is 191 Å². The highest BCUT2D eigenvalue weighted by atomic mass is 16.3. The molecule has 31 heavy (non-hydrogen) atoms. The highest BCUT2D eigenvalue weighted by molar-refractivity contribution is 5.27. The molecule has 2 nitrogen and oxygen atoms in total. The van der Waals surface area contributed by atoms with Gasteiger partial charge in [-0.15, -0.1) is 0 Å². The van der Waals surface area contributed by atoms with E-state index in [2.05, 4.69) is 47.3 Å². The van der Waals surface area contributed by atoms with Gasteiger partial charge in [-0.05, 0) is 117 Å². The molecule has 3 fully saturated rings. The molecule has 3 saturated carbocycles. The largest absolute Gasteiger partial charge is 0.393 e. The van der Waals surface area contributed by atoms with E-state index < -0.39 is 0 Å². The molecule has 0 aromatic carbocycles. The smallest absolute Gasteiger partial charge is 0.0757 e. The van der Waals surface area contributed by atoms with E-state index in [0.29, 0.717) is 29.1 Å². The first-order chi connectivity index (χ1) is 14.6. The van der Waals surface area contributed by atoms with E-state index in [4.69, 9.17) is 0 Å². The van der Waals surface area contributed by atoms with Crippen molar-refractivity contribution in [3.05, 3.63) is 23.8 Å². The Hall–Kier alpha value is -0.600. The van der Waals surface area contributed by atoms with Crippen molar-refractivity contribution >= 4 is 0 Å². The number of aliphatic hydroxyl groups excluding tert-OH is 2. The maximum absolute atomic E-state index is 11.3. The summed E-state index contributed by atoms with van der Waals surface area (Å²) in [5, 5.41) is 21.6. The molecule has 0 aromatic heterocycles. The molecule has 2 N–H and O–H groups in total. The molecule has 0 bridgehead atoms. The summed E-state index contributed by atoms with van der Waals surface area (Å²) in [4.78, 5) is 0. The second-order valence-corrected chi connectivity index (χ2v) is 12.5. The summed E-state index contributed by atoms with van der Waals surface area (Å²) in [6.45, 7) is 16.3. The molecular weight excluding hydrogens is 380 g/mol. The van der Waals surface area contributed by atoms with Crippen molar-refractivity contribution in [1.29, 1.82) is 0 Å². The van der Waals surface area contributed by atoms with Crippen molar-refractivity contribution in [2.75, 3.05) is 0 Å². The van der Waals surface area contributed by atoms with Crippen LogP contribution in [0.1, 0.15) is 98.8 Å². The second kappa shape index (κ2) is 8.64. The summed E-state index contributed by atoms with van der Waals surface area (Å²) < 4.78 is 0. The van der Waals surface area contributed by atoms with E-state index in [9.17, 15) is 10.2 Å². The highest BCUT2D eigenvalue weighted by Crippen LogP contribution is 2.67. The summed E-state index contributed by atoms with van der Waals surface area (Å²) in [5.41, 5.74) is 3.29. The highest BCUT2D eigenvalue weighted by Gasteiger charge is 2.61. The fourth-order valence-electron chi connectivity index (χ4n) is 9.07. The van der Waals surface area contributed by atoms with Crippen LogP contribution in [0.4, 0.5) is 0 Å². The predicted molar refractivity (Wildman–Crippen MR) is 130 cm³/mol. The molecule has 4 rings (SSSR count). The maximum Gasteiger partial charge on any atom is 0.0757 e. The lowest BCUT2D eigenvalue weighted by Gasteiger charge is -2.59. The minimum atomic E-state index is -0.315. The lowest BCUT2D eigenvalue weighted by atomic mass is 9.46. The molecule has 0 amide bonds.